The minimum atomic E-state index is -0.172. The van der Waals surface area contributed by atoms with Gasteiger partial charge in [0.25, 0.3) is 5.91 Å². The first-order valence-electron chi connectivity index (χ1n) is 10.3. The molecule has 1 amide bonds. The number of rotatable bonds is 6. The molecule has 0 spiro atoms. The highest BCUT2D eigenvalue weighted by Crippen LogP contribution is 2.41. The molecule has 3 aromatic heterocycles. The molecule has 156 valence electrons. The number of benzene rings is 1. The molecule has 31 heavy (non-hydrogen) atoms. The summed E-state index contributed by atoms with van der Waals surface area (Å²) in [6.45, 7) is 0.609. The van der Waals surface area contributed by atoms with Gasteiger partial charge in [-0.05, 0) is 48.2 Å². The number of anilines is 1. The smallest absolute Gasteiger partial charge is 0.274 e. The van der Waals surface area contributed by atoms with E-state index in [9.17, 15) is 4.79 Å². The number of thiazole rings is 1. The van der Waals surface area contributed by atoms with Crippen LogP contribution in [0.4, 0.5) is 5.13 Å². The highest BCUT2D eigenvalue weighted by atomic mass is 32.1. The van der Waals surface area contributed by atoms with Gasteiger partial charge in [-0.15, -0.1) is 11.3 Å². The monoisotopic (exact) mass is 430 g/mol. The number of pyridine rings is 1. The number of carbonyl (C=O) groups excluding carboxylic acids is 1. The highest BCUT2D eigenvalue weighted by Gasteiger charge is 2.29. The Morgan fingerprint density at radius 3 is 2.71 bits per heavy atom. The molecule has 2 unspecified atom stereocenters. The summed E-state index contributed by atoms with van der Waals surface area (Å²) >= 11 is 1.43. The fourth-order valence-corrected chi connectivity index (χ4v) is 4.61. The highest BCUT2D eigenvalue weighted by molar-refractivity contribution is 7.14. The zero-order valence-electron chi connectivity index (χ0n) is 16.8. The van der Waals surface area contributed by atoms with Crippen molar-refractivity contribution < 1.29 is 9.53 Å². The van der Waals surface area contributed by atoms with Crippen LogP contribution in [0.5, 0.6) is 0 Å². The maximum atomic E-state index is 12.8. The molecular formula is C24H22N4O2S. The number of hydrogen-bond acceptors (Lipinski definition) is 5. The summed E-state index contributed by atoms with van der Waals surface area (Å²) in [5.41, 5.74) is 3.76. The Kier molecular flexibility index (Phi) is 5.60. The molecular weight excluding hydrogens is 408 g/mol. The van der Waals surface area contributed by atoms with Gasteiger partial charge in [0, 0.05) is 30.5 Å². The Balaban J connectivity index is 1.24. The van der Waals surface area contributed by atoms with Crippen molar-refractivity contribution in [3.05, 3.63) is 101 Å². The summed E-state index contributed by atoms with van der Waals surface area (Å²) < 4.78 is 8.15. The standard InChI is InChI=1S/C24H22N4O2S/c29-23(20-7-4-14-28(20)15-17-10-12-25-13-11-17)27-24-26-19(16-31-24)22-9-8-21(30-22)18-5-2-1-3-6-18/h1-7,10-14,16,21-22H,8-9,15H2,(H,26,27,29). The summed E-state index contributed by atoms with van der Waals surface area (Å²) in [7, 11) is 0. The Morgan fingerprint density at radius 2 is 1.87 bits per heavy atom. The number of nitrogens with zero attached hydrogens (tertiary/aromatic N) is 3. The fraction of sp³-hybridized carbons (Fsp3) is 0.208. The normalized spacial score (nSPS) is 18.2. The van der Waals surface area contributed by atoms with E-state index in [0.717, 1.165) is 24.1 Å². The summed E-state index contributed by atoms with van der Waals surface area (Å²) in [6, 6.07) is 17.9. The van der Waals surface area contributed by atoms with Crippen molar-refractivity contribution in [2.75, 3.05) is 5.32 Å². The lowest BCUT2D eigenvalue weighted by atomic mass is 10.1. The largest absolute Gasteiger partial charge is 0.364 e. The second-order valence-electron chi connectivity index (χ2n) is 7.51. The van der Waals surface area contributed by atoms with Crippen LogP contribution in [0.25, 0.3) is 0 Å². The minimum absolute atomic E-state index is 0.0392. The van der Waals surface area contributed by atoms with Crippen LogP contribution in [0.15, 0.2) is 78.6 Å². The minimum Gasteiger partial charge on any atom is -0.364 e. The maximum absolute atomic E-state index is 12.8. The van der Waals surface area contributed by atoms with Crippen molar-refractivity contribution in [1.29, 1.82) is 0 Å². The van der Waals surface area contributed by atoms with Gasteiger partial charge >= 0.3 is 0 Å². The molecule has 0 saturated carbocycles. The average Bonchev–Trinajstić information content (AvgIpc) is 3.56. The lowest BCUT2D eigenvalue weighted by Gasteiger charge is -2.12. The Bertz CT molecular complexity index is 1160. The second-order valence-corrected chi connectivity index (χ2v) is 8.37. The molecule has 0 bridgehead atoms. The van der Waals surface area contributed by atoms with Gasteiger partial charge in [0.15, 0.2) is 5.13 Å². The number of aromatic nitrogens is 3. The number of carbonyl (C=O) groups is 1. The molecule has 6 nitrogen and oxygen atoms in total. The average molecular weight is 431 g/mol. The van der Waals surface area contributed by atoms with Crippen molar-refractivity contribution in [1.82, 2.24) is 14.5 Å². The quantitative estimate of drug-likeness (QED) is 0.455. The third-order valence-corrected chi connectivity index (χ3v) is 6.20. The van der Waals surface area contributed by atoms with Gasteiger partial charge in [-0.1, -0.05) is 30.3 Å². The SMILES string of the molecule is O=C(Nc1nc(C2CCC(c3ccccc3)O2)cs1)c1cccn1Cc1ccncc1. The molecule has 1 saturated heterocycles. The van der Waals surface area contributed by atoms with Crippen LogP contribution in [-0.2, 0) is 11.3 Å². The first-order chi connectivity index (χ1) is 15.3. The Labute approximate surface area is 184 Å². The summed E-state index contributed by atoms with van der Waals surface area (Å²) in [5.74, 6) is -0.172. The predicted octanol–water partition coefficient (Wildman–Crippen LogP) is 5.23. The molecule has 1 aliphatic rings. The van der Waals surface area contributed by atoms with Crippen molar-refractivity contribution in [3.8, 4) is 0 Å². The Morgan fingerprint density at radius 1 is 1.06 bits per heavy atom. The lowest BCUT2D eigenvalue weighted by molar-refractivity contribution is 0.0421. The number of amides is 1. The van der Waals surface area contributed by atoms with Crippen LogP contribution in [-0.4, -0.2) is 20.4 Å². The van der Waals surface area contributed by atoms with E-state index in [1.165, 1.54) is 16.9 Å². The number of ether oxygens (including phenoxy) is 1. The van der Waals surface area contributed by atoms with Gasteiger partial charge in [0.05, 0.1) is 11.8 Å². The zero-order chi connectivity index (χ0) is 21.0. The molecule has 1 fully saturated rings. The number of hydrogen-bond donors (Lipinski definition) is 1. The lowest BCUT2D eigenvalue weighted by Crippen LogP contribution is -2.17. The zero-order valence-corrected chi connectivity index (χ0v) is 17.7. The third kappa shape index (κ3) is 4.42. The van der Waals surface area contributed by atoms with Crippen LogP contribution < -0.4 is 5.32 Å². The van der Waals surface area contributed by atoms with E-state index in [0.29, 0.717) is 17.4 Å². The molecule has 4 heterocycles. The summed E-state index contributed by atoms with van der Waals surface area (Å²) in [5, 5.41) is 5.50. The van der Waals surface area contributed by atoms with Crippen molar-refractivity contribution in [2.24, 2.45) is 0 Å². The van der Waals surface area contributed by atoms with Gasteiger partial charge in [0.1, 0.15) is 11.8 Å². The molecule has 1 aromatic carbocycles. The van der Waals surface area contributed by atoms with E-state index >= 15 is 0 Å². The van der Waals surface area contributed by atoms with Gasteiger partial charge in [-0.25, -0.2) is 4.98 Å². The van der Waals surface area contributed by atoms with Gasteiger partial charge < -0.3 is 9.30 Å². The van der Waals surface area contributed by atoms with E-state index in [1.54, 1.807) is 12.4 Å². The third-order valence-electron chi connectivity index (χ3n) is 5.43. The van der Waals surface area contributed by atoms with Crippen molar-refractivity contribution >= 4 is 22.4 Å². The molecule has 2 atom stereocenters. The molecule has 5 rings (SSSR count). The van der Waals surface area contributed by atoms with Gasteiger partial charge in [-0.2, -0.15) is 0 Å². The topological polar surface area (TPSA) is 69.0 Å². The van der Waals surface area contributed by atoms with Crippen LogP contribution in [0.2, 0.25) is 0 Å². The fourth-order valence-electron chi connectivity index (χ4n) is 3.86. The molecule has 1 aliphatic heterocycles. The first kappa shape index (κ1) is 19.7. The van der Waals surface area contributed by atoms with E-state index in [1.807, 2.05) is 58.6 Å². The first-order valence-corrected chi connectivity index (χ1v) is 11.2. The summed E-state index contributed by atoms with van der Waals surface area (Å²) in [4.78, 5) is 21.5. The summed E-state index contributed by atoms with van der Waals surface area (Å²) in [6.07, 6.45) is 7.36. The van der Waals surface area contributed by atoms with E-state index in [2.05, 4.69) is 27.4 Å². The van der Waals surface area contributed by atoms with Crippen molar-refractivity contribution in [3.63, 3.8) is 0 Å². The number of nitrogens with one attached hydrogen (secondary N) is 1. The maximum Gasteiger partial charge on any atom is 0.274 e. The van der Waals surface area contributed by atoms with Crippen molar-refractivity contribution in [2.45, 2.75) is 31.6 Å². The van der Waals surface area contributed by atoms with Crippen LogP contribution in [0.3, 0.4) is 0 Å². The van der Waals surface area contributed by atoms with E-state index in [-0.39, 0.29) is 18.1 Å². The van der Waals surface area contributed by atoms with Gasteiger partial charge in [0.2, 0.25) is 0 Å². The van der Waals surface area contributed by atoms with Crippen LogP contribution in [0, 0.1) is 0 Å². The van der Waals surface area contributed by atoms with E-state index < -0.39 is 0 Å². The van der Waals surface area contributed by atoms with Crippen LogP contribution in [0.1, 0.15) is 52.4 Å². The second kappa shape index (κ2) is 8.83. The predicted molar refractivity (Wildman–Crippen MR) is 120 cm³/mol. The molecule has 1 N–H and O–H groups in total. The molecule has 0 radical (unpaired) electrons. The van der Waals surface area contributed by atoms with Crippen LogP contribution >= 0.6 is 11.3 Å². The Hall–Kier alpha value is -3.29. The molecule has 7 heteroatoms. The van der Waals surface area contributed by atoms with Gasteiger partial charge in [-0.3, -0.25) is 15.1 Å². The molecule has 0 aliphatic carbocycles. The van der Waals surface area contributed by atoms with E-state index in [4.69, 9.17) is 4.74 Å². The molecule has 4 aromatic rings.